The van der Waals surface area contributed by atoms with Crippen molar-refractivity contribution < 1.29 is 9.53 Å². The van der Waals surface area contributed by atoms with E-state index in [-0.39, 0.29) is 5.91 Å². The smallest absolute Gasteiger partial charge is 0.234 e. The van der Waals surface area contributed by atoms with Crippen LogP contribution in [-0.4, -0.2) is 56.4 Å². The van der Waals surface area contributed by atoms with E-state index in [1.165, 1.54) is 11.8 Å². The zero-order chi connectivity index (χ0) is 19.1. The van der Waals surface area contributed by atoms with E-state index in [1.54, 1.807) is 7.11 Å². The van der Waals surface area contributed by atoms with Crippen LogP contribution < -0.4 is 15.0 Å². The lowest BCUT2D eigenvalue weighted by Gasteiger charge is -2.36. The number of nitrogens with zero attached hydrogens (tertiary/aromatic N) is 2. The standard InChI is InChI=1S/C21H27N3O2S/c1-3-23-12-14-24(15-13-23)20-7-5-4-6-19(20)22-21(25)16-27-18-10-8-17(26-2)9-11-18/h4-11H,3,12-16H2,1-2H3,(H,22,25). The Morgan fingerprint density at radius 3 is 2.44 bits per heavy atom. The Hall–Kier alpha value is -2.18. The van der Waals surface area contributed by atoms with Crippen LogP contribution in [0.2, 0.25) is 0 Å². The van der Waals surface area contributed by atoms with Crippen molar-refractivity contribution in [2.45, 2.75) is 11.8 Å². The minimum atomic E-state index is 0.00969. The first-order chi connectivity index (χ1) is 13.2. The number of carbonyl (C=O) groups excluding carboxylic acids is 1. The Morgan fingerprint density at radius 2 is 1.78 bits per heavy atom. The third-order valence-electron chi connectivity index (χ3n) is 4.77. The molecular weight excluding hydrogens is 358 g/mol. The van der Waals surface area contributed by atoms with Gasteiger partial charge in [-0.25, -0.2) is 0 Å². The van der Waals surface area contributed by atoms with Gasteiger partial charge in [0.25, 0.3) is 0 Å². The Kier molecular flexibility index (Phi) is 7.01. The molecule has 3 rings (SSSR count). The fraction of sp³-hybridized carbons (Fsp3) is 0.381. The largest absolute Gasteiger partial charge is 0.497 e. The van der Waals surface area contributed by atoms with E-state index in [0.29, 0.717) is 5.75 Å². The van der Waals surface area contributed by atoms with Crippen LogP contribution in [0.25, 0.3) is 0 Å². The maximum Gasteiger partial charge on any atom is 0.234 e. The molecular formula is C21H27N3O2S. The number of amides is 1. The van der Waals surface area contributed by atoms with Crippen molar-refractivity contribution in [1.82, 2.24) is 4.90 Å². The molecule has 0 aliphatic carbocycles. The van der Waals surface area contributed by atoms with Crippen LogP contribution in [0.15, 0.2) is 53.4 Å². The lowest BCUT2D eigenvalue weighted by molar-refractivity contribution is -0.113. The molecule has 0 unspecified atom stereocenters. The van der Waals surface area contributed by atoms with E-state index in [1.807, 2.05) is 42.5 Å². The Bertz CT molecular complexity index is 743. The molecule has 0 radical (unpaired) electrons. The number of likely N-dealkylation sites (N-methyl/N-ethyl adjacent to an activating group) is 1. The zero-order valence-corrected chi connectivity index (χ0v) is 16.8. The van der Waals surface area contributed by atoms with Crippen LogP contribution in [-0.2, 0) is 4.79 Å². The van der Waals surface area contributed by atoms with Gasteiger partial charge < -0.3 is 19.9 Å². The van der Waals surface area contributed by atoms with Crippen LogP contribution in [0.1, 0.15) is 6.92 Å². The Balaban J connectivity index is 1.57. The van der Waals surface area contributed by atoms with E-state index in [2.05, 4.69) is 28.1 Å². The van der Waals surface area contributed by atoms with Gasteiger partial charge in [-0.3, -0.25) is 4.79 Å². The molecule has 1 aliphatic rings. The summed E-state index contributed by atoms with van der Waals surface area (Å²) in [7, 11) is 1.65. The van der Waals surface area contributed by atoms with E-state index in [4.69, 9.17) is 4.74 Å². The first-order valence-electron chi connectivity index (χ1n) is 9.32. The van der Waals surface area contributed by atoms with E-state index in [0.717, 1.165) is 54.7 Å². The summed E-state index contributed by atoms with van der Waals surface area (Å²) < 4.78 is 5.16. The summed E-state index contributed by atoms with van der Waals surface area (Å²) in [5.41, 5.74) is 2.00. The van der Waals surface area contributed by atoms with Gasteiger partial charge in [0.2, 0.25) is 5.91 Å². The van der Waals surface area contributed by atoms with Crippen LogP contribution in [0.5, 0.6) is 5.75 Å². The zero-order valence-electron chi connectivity index (χ0n) is 16.0. The molecule has 2 aromatic carbocycles. The minimum absolute atomic E-state index is 0.00969. The number of benzene rings is 2. The van der Waals surface area contributed by atoms with Gasteiger partial charge in [0.05, 0.1) is 24.2 Å². The van der Waals surface area contributed by atoms with Crippen molar-refractivity contribution in [3.63, 3.8) is 0 Å². The number of carbonyl (C=O) groups is 1. The number of hydrogen-bond donors (Lipinski definition) is 1. The average Bonchev–Trinajstić information content (AvgIpc) is 2.73. The second kappa shape index (κ2) is 9.67. The van der Waals surface area contributed by atoms with Crippen molar-refractivity contribution in [2.75, 3.05) is 55.8 Å². The highest BCUT2D eigenvalue weighted by Gasteiger charge is 2.18. The molecule has 27 heavy (non-hydrogen) atoms. The maximum atomic E-state index is 12.5. The van der Waals surface area contributed by atoms with E-state index < -0.39 is 0 Å². The summed E-state index contributed by atoms with van der Waals surface area (Å²) in [6, 6.07) is 15.8. The van der Waals surface area contributed by atoms with Crippen LogP contribution in [0.4, 0.5) is 11.4 Å². The number of rotatable bonds is 7. The van der Waals surface area contributed by atoms with Gasteiger partial charge in [-0.2, -0.15) is 0 Å². The quantitative estimate of drug-likeness (QED) is 0.738. The number of piperazine rings is 1. The minimum Gasteiger partial charge on any atom is -0.497 e. The summed E-state index contributed by atoms with van der Waals surface area (Å²) in [4.78, 5) is 18.3. The van der Waals surface area contributed by atoms with Crippen molar-refractivity contribution >= 4 is 29.0 Å². The molecule has 5 nitrogen and oxygen atoms in total. The number of thioether (sulfide) groups is 1. The molecule has 2 aromatic rings. The summed E-state index contributed by atoms with van der Waals surface area (Å²) in [6.45, 7) is 7.39. The highest BCUT2D eigenvalue weighted by Crippen LogP contribution is 2.27. The third kappa shape index (κ3) is 5.40. The molecule has 6 heteroatoms. The van der Waals surface area contributed by atoms with Crippen LogP contribution >= 0.6 is 11.8 Å². The van der Waals surface area contributed by atoms with Crippen molar-refractivity contribution in [1.29, 1.82) is 0 Å². The monoisotopic (exact) mass is 385 g/mol. The van der Waals surface area contributed by atoms with Gasteiger partial charge in [0, 0.05) is 31.1 Å². The lowest BCUT2D eigenvalue weighted by Crippen LogP contribution is -2.46. The van der Waals surface area contributed by atoms with E-state index in [9.17, 15) is 4.79 Å². The SMILES string of the molecule is CCN1CCN(c2ccccc2NC(=O)CSc2ccc(OC)cc2)CC1. The van der Waals surface area contributed by atoms with E-state index >= 15 is 0 Å². The van der Waals surface area contributed by atoms with Gasteiger partial charge in [-0.15, -0.1) is 11.8 Å². The second-order valence-electron chi connectivity index (χ2n) is 6.45. The van der Waals surface area contributed by atoms with Crippen molar-refractivity contribution in [2.24, 2.45) is 0 Å². The first-order valence-corrected chi connectivity index (χ1v) is 10.3. The van der Waals surface area contributed by atoms with Crippen molar-refractivity contribution in [3.05, 3.63) is 48.5 Å². The van der Waals surface area contributed by atoms with Crippen LogP contribution in [0.3, 0.4) is 0 Å². The molecule has 0 atom stereocenters. The Morgan fingerprint density at radius 1 is 1.07 bits per heavy atom. The lowest BCUT2D eigenvalue weighted by atomic mass is 10.2. The molecule has 0 aromatic heterocycles. The Labute approximate surface area is 165 Å². The van der Waals surface area contributed by atoms with Gasteiger partial charge in [0.1, 0.15) is 5.75 Å². The summed E-state index contributed by atoms with van der Waals surface area (Å²) in [5, 5.41) is 3.09. The predicted molar refractivity (Wildman–Crippen MR) is 113 cm³/mol. The first kappa shape index (κ1) is 19.6. The predicted octanol–water partition coefficient (Wildman–Crippen LogP) is 3.57. The molecule has 1 heterocycles. The maximum absolute atomic E-state index is 12.5. The summed E-state index contributed by atoms with van der Waals surface area (Å²) in [6.07, 6.45) is 0. The number of anilines is 2. The normalized spacial score (nSPS) is 14.8. The number of hydrogen-bond acceptors (Lipinski definition) is 5. The molecule has 1 saturated heterocycles. The highest BCUT2D eigenvalue weighted by molar-refractivity contribution is 8.00. The summed E-state index contributed by atoms with van der Waals surface area (Å²) in [5.74, 6) is 1.21. The highest BCUT2D eigenvalue weighted by atomic mass is 32.2. The van der Waals surface area contributed by atoms with Gasteiger partial charge in [-0.1, -0.05) is 19.1 Å². The molecule has 144 valence electrons. The van der Waals surface area contributed by atoms with Gasteiger partial charge >= 0.3 is 0 Å². The van der Waals surface area contributed by atoms with Gasteiger partial charge in [-0.05, 0) is 42.9 Å². The molecule has 0 bridgehead atoms. The number of ether oxygens (including phenoxy) is 1. The van der Waals surface area contributed by atoms with Crippen molar-refractivity contribution in [3.8, 4) is 5.75 Å². The van der Waals surface area contributed by atoms with Crippen LogP contribution in [0, 0.1) is 0 Å². The number of nitrogens with one attached hydrogen (secondary N) is 1. The molecule has 1 aliphatic heterocycles. The molecule has 1 fully saturated rings. The number of methoxy groups -OCH3 is 1. The molecule has 1 amide bonds. The molecule has 0 spiro atoms. The fourth-order valence-electron chi connectivity index (χ4n) is 3.17. The molecule has 1 N–H and O–H groups in total. The summed E-state index contributed by atoms with van der Waals surface area (Å²) >= 11 is 1.52. The average molecular weight is 386 g/mol. The topological polar surface area (TPSA) is 44.8 Å². The number of para-hydroxylation sites is 2. The molecule has 0 saturated carbocycles. The van der Waals surface area contributed by atoms with Gasteiger partial charge in [0.15, 0.2) is 0 Å². The second-order valence-corrected chi connectivity index (χ2v) is 7.50. The third-order valence-corrected chi connectivity index (χ3v) is 5.78. The fourth-order valence-corrected chi connectivity index (χ4v) is 3.87.